The lowest BCUT2D eigenvalue weighted by Crippen LogP contribution is -2.36. The molecule has 0 radical (unpaired) electrons. The number of carbonyl (C=O) groups is 1. The zero-order valence-corrected chi connectivity index (χ0v) is 16.2. The van der Waals surface area contributed by atoms with Crippen LogP contribution in [0.25, 0.3) is 0 Å². The highest BCUT2D eigenvalue weighted by Crippen LogP contribution is 2.25. The Morgan fingerprint density at radius 3 is 2.74 bits per heavy atom. The van der Waals surface area contributed by atoms with Crippen LogP contribution < -0.4 is 20.5 Å². The Morgan fingerprint density at radius 1 is 1.30 bits per heavy atom. The topological polar surface area (TPSA) is 76.5 Å². The second-order valence-electron chi connectivity index (χ2n) is 6.54. The Kier molecular flexibility index (Phi) is 6.01. The Bertz CT molecular complexity index is 877. The number of rotatable bonds is 5. The summed E-state index contributed by atoms with van der Waals surface area (Å²) in [5.41, 5.74) is 0.751. The third-order valence-electron chi connectivity index (χ3n) is 4.71. The van der Waals surface area contributed by atoms with Gasteiger partial charge in [-0.1, -0.05) is 17.7 Å². The maximum absolute atomic E-state index is 12.7. The number of aromatic nitrogens is 2. The minimum atomic E-state index is -0.809. The average molecular weight is 391 g/mol. The number of hydrogen-bond donors (Lipinski definition) is 1. The van der Waals surface area contributed by atoms with Crippen LogP contribution >= 0.6 is 11.6 Å². The molecule has 2 heterocycles. The Labute approximate surface area is 162 Å². The molecule has 7 nitrogen and oxygen atoms in total. The van der Waals surface area contributed by atoms with Crippen LogP contribution in [-0.4, -0.2) is 35.9 Å². The van der Waals surface area contributed by atoms with Gasteiger partial charge >= 0.3 is 0 Å². The van der Waals surface area contributed by atoms with E-state index in [4.69, 9.17) is 16.3 Å². The standard InChI is InChI=1S/C19H23ClN4O3/c1-13(18(25)22-14-7-6-8-15(11-14)27-2)24-19(26)17(20)16(12-21-24)23-9-4-3-5-10-23/h6-8,11-13H,3-5,9-10H2,1-2H3,(H,22,25)/t13-/m0/s1. The quantitative estimate of drug-likeness (QED) is 0.848. The summed E-state index contributed by atoms with van der Waals surface area (Å²) >= 11 is 6.32. The molecule has 0 unspecified atom stereocenters. The minimum absolute atomic E-state index is 0.105. The second kappa shape index (κ2) is 8.43. The molecule has 1 amide bonds. The molecule has 1 aliphatic rings. The zero-order chi connectivity index (χ0) is 19.4. The van der Waals surface area contributed by atoms with Crippen molar-refractivity contribution in [2.45, 2.75) is 32.2 Å². The lowest BCUT2D eigenvalue weighted by Gasteiger charge is -2.29. The highest BCUT2D eigenvalue weighted by molar-refractivity contribution is 6.33. The first-order valence-electron chi connectivity index (χ1n) is 8.98. The van der Waals surface area contributed by atoms with E-state index in [2.05, 4.69) is 15.3 Å². The van der Waals surface area contributed by atoms with Crippen molar-refractivity contribution < 1.29 is 9.53 Å². The maximum Gasteiger partial charge on any atom is 0.288 e. The predicted octanol–water partition coefficient (Wildman–Crippen LogP) is 3.10. The summed E-state index contributed by atoms with van der Waals surface area (Å²) in [5, 5.41) is 7.08. The van der Waals surface area contributed by atoms with Crippen LogP contribution in [0.15, 0.2) is 35.3 Å². The molecule has 1 aromatic heterocycles. The van der Waals surface area contributed by atoms with E-state index >= 15 is 0 Å². The van der Waals surface area contributed by atoms with Crippen molar-refractivity contribution in [1.29, 1.82) is 0 Å². The number of amides is 1. The van der Waals surface area contributed by atoms with Gasteiger partial charge in [-0.05, 0) is 38.3 Å². The van der Waals surface area contributed by atoms with Gasteiger partial charge in [0.1, 0.15) is 16.8 Å². The number of halogens is 1. The summed E-state index contributed by atoms with van der Waals surface area (Å²) in [6.07, 6.45) is 4.89. The molecule has 8 heteroatoms. The van der Waals surface area contributed by atoms with Crippen molar-refractivity contribution in [3.05, 3.63) is 45.8 Å². The molecule has 1 saturated heterocycles. The van der Waals surface area contributed by atoms with Crippen molar-refractivity contribution in [1.82, 2.24) is 9.78 Å². The minimum Gasteiger partial charge on any atom is -0.497 e. The first kappa shape index (κ1) is 19.2. The van der Waals surface area contributed by atoms with Gasteiger partial charge in [-0.25, -0.2) is 4.68 Å². The monoisotopic (exact) mass is 390 g/mol. The average Bonchev–Trinajstić information content (AvgIpc) is 2.70. The third kappa shape index (κ3) is 4.24. The van der Waals surface area contributed by atoms with Gasteiger partial charge in [0, 0.05) is 24.8 Å². The number of benzene rings is 1. The van der Waals surface area contributed by atoms with E-state index in [0.29, 0.717) is 17.1 Å². The Morgan fingerprint density at radius 2 is 2.04 bits per heavy atom. The summed E-state index contributed by atoms with van der Waals surface area (Å²) in [4.78, 5) is 27.3. The van der Waals surface area contributed by atoms with Crippen LogP contribution in [0.2, 0.25) is 5.02 Å². The lowest BCUT2D eigenvalue weighted by atomic mass is 10.1. The number of piperidine rings is 1. The fourth-order valence-electron chi connectivity index (χ4n) is 3.13. The van der Waals surface area contributed by atoms with Crippen LogP contribution in [0, 0.1) is 0 Å². The highest BCUT2D eigenvalue weighted by Gasteiger charge is 2.22. The fourth-order valence-corrected chi connectivity index (χ4v) is 3.38. The normalized spacial score (nSPS) is 15.3. The molecule has 1 N–H and O–H groups in total. The van der Waals surface area contributed by atoms with Crippen molar-refractivity contribution in [2.24, 2.45) is 0 Å². The van der Waals surface area contributed by atoms with E-state index in [-0.39, 0.29) is 10.9 Å². The molecule has 1 fully saturated rings. The van der Waals surface area contributed by atoms with Crippen LogP contribution in [0.4, 0.5) is 11.4 Å². The first-order chi connectivity index (χ1) is 13.0. The van der Waals surface area contributed by atoms with Gasteiger partial charge < -0.3 is 15.0 Å². The molecule has 0 aliphatic carbocycles. The molecule has 1 atom stereocenters. The van der Waals surface area contributed by atoms with E-state index in [1.807, 2.05) is 0 Å². The number of nitrogens with zero attached hydrogens (tertiary/aromatic N) is 3. The zero-order valence-electron chi connectivity index (χ0n) is 15.4. The second-order valence-corrected chi connectivity index (χ2v) is 6.92. The first-order valence-corrected chi connectivity index (χ1v) is 9.36. The van der Waals surface area contributed by atoms with Crippen molar-refractivity contribution in [2.75, 3.05) is 30.4 Å². The predicted molar refractivity (Wildman–Crippen MR) is 106 cm³/mol. The molecular weight excluding hydrogens is 368 g/mol. The molecule has 0 bridgehead atoms. The highest BCUT2D eigenvalue weighted by atomic mass is 35.5. The third-order valence-corrected chi connectivity index (χ3v) is 5.06. The van der Waals surface area contributed by atoms with Gasteiger partial charge in [0.2, 0.25) is 5.91 Å². The number of methoxy groups -OCH3 is 1. The largest absolute Gasteiger partial charge is 0.497 e. The van der Waals surface area contributed by atoms with Gasteiger partial charge in [0.15, 0.2) is 0 Å². The number of anilines is 2. The van der Waals surface area contributed by atoms with Gasteiger partial charge in [0.05, 0.1) is 19.0 Å². The van der Waals surface area contributed by atoms with E-state index < -0.39 is 11.6 Å². The summed E-state index contributed by atoms with van der Waals surface area (Å²) < 4.78 is 6.26. The van der Waals surface area contributed by atoms with Crippen molar-refractivity contribution in [3.63, 3.8) is 0 Å². The Balaban J connectivity index is 1.79. The van der Waals surface area contributed by atoms with E-state index in [0.717, 1.165) is 30.6 Å². The van der Waals surface area contributed by atoms with Crippen LogP contribution in [0.5, 0.6) is 5.75 Å². The van der Waals surface area contributed by atoms with E-state index in [1.165, 1.54) is 6.42 Å². The van der Waals surface area contributed by atoms with E-state index in [1.54, 1.807) is 44.5 Å². The molecule has 1 aliphatic heterocycles. The summed E-state index contributed by atoms with van der Waals surface area (Å²) in [7, 11) is 1.55. The summed E-state index contributed by atoms with van der Waals surface area (Å²) in [5.74, 6) is 0.268. The van der Waals surface area contributed by atoms with Gasteiger partial charge in [-0.3, -0.25) is 9.59 Å². The lowest BCUT2D eigenvalue weighted by molar-refractivity contribution is -0.119. The van der Waals surface area contributed by atoms with Gasteiger partial charge in [-0.15, -0.1) is 0 Å². The van der Waals surface area contributed by atoms with E-state index in [9.17, 15) is 9.59 Å². The van der Waals surface area contributed by atoms with Crippen LogP contribution in [0.3, 0.4) is 0 Å². The summed E-state index contributed by atoms with van der Waals surface area (Å²) in [6.45, 7) is 3.33. The molecule has 3 rings (SSSR count). The number of nitrogens with one attached hydrogen (secondary N) is 1. The SMILES string of the molecule is COc1cccc(NC(=O)[C@H](C)n2ncc(N3CCCCC3)c(Cl)c2=O)c1. The van der Waals surface area contributed by atoms with Gasteiger partial charge in [-0.2, -0.15) is 5.10 Å². The van der Waals surface area contributed by atoms with Crippen LogP contribution in [-0.2, 0) is 4.79 Å². The molecular formula is C19H23ClN4O3. The fraction of sp³-hybridized carbons (Fsp3) is 0.421. The Hall–Kier alpha value is -2.54. The number of carbonyl (C=O) groups excluding carboxylic acids is 1. The van der Waals surface area contributed by atoms with Crippen molar-refractivity contribution in [3.8, 4) is 5.75 Å². The number of ether oxygens (including phenoxy) is 1. The maximum atomic E-state index is 12.7. The summed E-state index contributed by atoms with van der Waals surface area (Å²) in [6, 6.07) is 6.19. The molecule has 144 valence electrons. The van der Waals surface area contributed by atoms with Gasteiger partial charge in [0.25, 0.3) is 5.56 Å². The molecule has 0 spiro atoms. The molecule has 27 heavy (non-hydrogen) atoms. The van der Waals surface area contributed by atoms with Crippen molar-refractivity contribution >= 4 is 28.9 Å². The smallest absolute Gasteiger partial charge is 0.288 e. The molecule has 2 aromatic rings. The molecule has 0 saturated carbocycles. The van der Waals surface area contributed by atoms with Crippen LogP contribution in [0.1, 0.15) is 32.2 Å². The number of hydrogen-bond acceptors (Lipinski definition) is 5. The molecule has 1 aromatic carbocycles.